The third-order valence-corrected chi connectivity index (χ3v) is 2.63. The molecule has 1 N–H and O–H groups in total. The maximum absolute atomic E-state index is 11.5. The highest BCUT2D eigenvalue weighted by Crippen LogP contribution is 2.27. The Kier molecular flexibility index (Phi) is 5.50. The first kappa shape index (κ1) is 15.2. The van der Waals surface area contributed by atoms with E-state index in [1.54, 1.807) is 4.90 Å². The number of rotatable bonds is 6. The highest BCUT2D eigenvalue weighted by Gasteiger charge is 2.22. The maximum Gasteiger partial charge on any atom is 0.311 e. The first-order chi connectivity index (χ1) is 8.99. The van der Waals surface area contributed by atoms with Crippen molar-refractivity contribution in [3.63, 3.8) is 0 Å². The van der Waals surface area contributed by atoms with Crippen LogP contribution in [0.15, 0.2) is 12.1 Å². The smallest absolute Gasteiger partial charge is 0.311 e. The molecule has 1 aromatic rings. The lowest BCUT2D eigenvalue weighted by atomic mass is 10.3. The van der Waals surface area contributed by atoms with Gasteiger partial charge in [-0.15, -0.1) is 0 Å². The number of hydrogen-bond acceptors (Lipinski definition) is 5. The number of nitrogens with zero attached hydrogens (tertiary/aromatic N) is 3. The van der Waals surface area contributed by atoms with Crippen LogP contribution in [0.4, 0.5) is 11.5 Å². The largest absolute Gasteiger partial charge is 0.358 e. The van der Waals surface area contributed by atoms with Gasteiger partial charge in [0.1, 0.15) is 5.15 Å². The standard InChI is InChI=1S/C11H15ClN4O3/c1-3-6-15(7-10(17)13-2)11-8(16(18)19)4-5-9(12)14-11/h4-5H,3,6-7H2,1-2H3,(H,13,17). The molecule has 0 saturated carbocycles. The fraction of sp³-hybridized carbons (Fsp3) is 0.455. The van der Waals surface area contributed by atoms with E-state index < -0.39 is 4.92 Å². The topological polar surface area (TPSA) is 88.4 Å². The Labute approximate surface area is 115 Å². The highest BCUT2D eigenvalue weighted by atomic mass is 35.5. The van der Waals surface area contributed by atoms with E-state index in [4.69, 9.17) is 11.6 Å². The van der Waals surface area contributed by atoms with E-state index in [0.717, 1.165) is 6.42 Å². The van der Waals surface area contributed by atoms with Crippen molar-refractivity contribution in [1.29, 1.82) is 0 Å². The Bertz CT molecular complexity index is 481. The molecule has 0 spiro atoms. The number of halogens is 1. The van der Waals surface area contributed by atoms with Crippen molar-refractivity contribution in [3.8, 4) is 0 Å². The van der Waals surface area contributed by atoms with Crippen molar-refractivity contribution in [3.05, 3.63) is 27.4 Å². The van der Waals surface area contributed by atoms with E-state index >= 15 is 0 Å². The molecule has 1 aromatic heterocycles. The zero-order valence-electron chi connectivity index (χ0n) is 10.7. The summed E-state index contributed by atoms with van der Waals surface area (Å²) in [6.45, 7) is 2.38. The molecule has 7 nitrogen and oxygen atoms in total. The zero-order chi connectivity index (χ0) is 14.4. The SMILES string of the molecule is CCCN(CC(=O)NC)c1nc(Cl)ccc1[N+](=O)[O-]. The van der Waals surface area contributed by atoms with Gasteiger partial charge in [-0.2, -0.15) is 0 Å². The maximum atomic E-state index is 11.5. The fourth-order valence-corrected chi connectivity index (χ4v) is 1.72. The van der Waals surface area contributed by atoms with Crippen LogP contribution in [0, 0.1) is 10.1 Å². The second-order valence-corrected chi connectivity index (χ2v) is 4.22. The number of amides is 1. The summed E-state index contributed by atoms with van der Waals surface area (Å²) in [6, 6.07) is 2.64. The molecule has 1 heterocycles. The van der Waals surface area contributed by atoms with Crippen LogP contribution in [-0.4, -0.2) is 36.0 Å². The number of nitrogens with one attached hydrogen (secondary N) is 1. The van der Waals surface area contributed by atoms with E-state index in [0.29, 0.717) is 6.54 Å². The predicted molar refractivity (Wildman–Crippen MR) is 72.5 cm³/mol. The predicted octanol–water partition coefficient (Wildman–Crippen LogP) is 1.61. The van der Waals surface area contributed by atoms with E-state index in [2.05, 4.69) is 10.3 Å². The molecule has 0 bridgehead atoms. The molecule has 19 heavy (non-hydrogen) atoms. The third-order valence-electron chi connectivity index (χ3n) is 2.42. The van der Waals surface area contributed by atoms with E-state index in [1.807, 2.05) is 6.92 Å². The zero-order valence-corrected chi connectivity index (χ0v) is 11.5. The Morgan fingerprint density at radius 2 is 2.26 bits per heavy atom. The molecule has 0 aliphatic carbocycles. The second-order valence-electron chi connectivity index (χ2n) is 3.83. The van der Waals surface area contributed by atoms with Crippen molar-refractivity contribution in [2.75, 3.05) is 25.0 Å². The number of carbonyl (C=O) groups is 1. The van der Waals surface area contributed by atoms with Gasteiger partial charge in [0.2, 0.25) is 11.7 Å². The number of carbonyl (C=O) groups excluding carboxylic acids is 1. The molecule has 0 unspecified atom stereocenters. The number of pyridine rings is 1. The van der Waals surface area contributed by atoms with Crippen LogP contribution in [0.2, 0.25) is 5.15 Å². The summed E-state index contributed by atoms with van der Waals surface area (Å²) in [5.74, 6) is -0.132. The first-order valence-electron chi connectivity index (χ1n) is 5.76. The van der Waals surface area contributed by atoms with Crippen LogP contribution < -0.4 is 10.2 Å². The summed E-state index contributed by atoms with van der Waals surface area (Å²) >= 11 is 5.78. The summed E-state index contributed by atoms with van der Waals surface area (Å²) in [5, 5.41) is 13.6. The lowest BCUT2D eigenvalue weighted by molar-refractivity contribution is -0.384. The molecule has 1 amide bonds. The molecule has 8 heteroatoms. The quantitative estimate of drug-likeness (QED) is 0.487. The lowest BCUT2D eigenvalue weighted by Gasteiger charge is -2.21. The van der Waals surface area contributed by atoms with Crippen LogP contribution >= 0.6 is 11.6 Å². The average molecular weight is 287 g/mol. The number of likely N-dealkylation sites (N-methyl/N-ethyl adjacent to an activating group) is 1. The molecular formula is C11H15ClN4O3. The summed E-state index contributed by atoms with van der Waals surface area (Å²) in [6.07, 6.45) is 0.725. The summed E-state index contributed by atoms with van der Waals surface area (Å²) < 4.78 is 0. The molecule has 0 aliphatic rings. The van der Waals surface area contributed by atoms with Crippen LogP contribution in [0.25, 0.3) is 0 Å². The third kappa shape index (κ3) is 4.06. The molecule has 1 rings (SSSR count). The van der Waals surface area contributed by atoms with Crippen LogP contribution in [-0.2, 0) is 4.79 Å². The number of aromatic nitrogens is 1. The van der Waals surface area contributed by atoms with Crippen LogP contribution in [0.3, 0.4) is 0 Å². The molecule has 0 radical (unpaired) electrons. The van der Waals surface area contributed by atoms with Gasteiger partial charge in [0, 0.05) is 19.7 Å². The minimum Gasteiger partial charge on any atom is -0.358 e. The highest BCUT2D eigenvalue weighted by molar-refractivity contribution is 6.29. The first-order valence-corrected chi connectivity index (χ1v) is 6.13. The van der Waals surface area contributed by atoms with Gasteiger partial charge in [0.05, 0.1) is 11.5 Å². The minimum absolute atomic E-state index is 0.00147. The van der Waals surface area contributed by atoms with Crippen LogP contribution in [0.1, 0.15) is 13.3 Å². The van der Waals surface area contributed by atoms with Gasteiger partial charge < -0.3 is 10.2 Å². The van der Waals surface area contributed by atoms with Crippen molar-refractivity contribution in [2.45, 2.75) is 13.3 Å². The molecule has 0 atom stereocenters. The van der Waals surface area contributed by atoms with E-state index in [9.17, 15) is 14.9 Å². The monoisotopic (exact) mass is 286 g/mol. The van der Waals surface area contributed by atoms with Crippen molar-refractivity contribution in [2.24, 2.45) is 0 Å². The summed E-state index contributed by atoms with van der Waals surface area (Å²) in [7, 11) is 1.51. The van der Waals surface area contributed by atoms with Gasteiger partial charge >= 0.3 is 5.69 Å². The van der Waals surface area contributed by atoms with Crippen molar-refractivity contribution in [1.82, 2.24) is 10.3 Å². The molecule has 0 aliphatic heterocycles. The van der Waals surface area contributed by atoms with E-state index in [-0.39, 0.29) is 29.1 Å². The second kappa shape index (κ2) is 6.89. The van der Waals surface area contributed by atoms with Crippen molar-refractivity contribution >= 4 is 29.0 Å². The van der Waals surface area contributed by atoms with Gasteiger partial charge in [-0.1, -0.05) is 18.5 Å². The summed E-state index contributed by atoms with van der Waals surface area (Å²) in [5.41, 5.74) is -0.165. The van der Waals surface area contributed by atoms with Crippen molar-refractivity contribution < 1.29 is 9.72 Å². The molecule has 0 fully saturated rings. The van der Waals surface area contributed by atoms with Gasteiger partial charge in [-0.3, -0.25) is 14.9 Å². The van der Waals surface area contributed by atoms with Crippen LogP contribution in [0.5, 0.6) is 0 Å². The van der Waals surface area contributed by atoms with Gasteiger partial charge in [0.15, 0.2) is 0 Å². The lowest BCUT2D eigenvalue weighted by Crippen LogP contribution is -2.37. The number of hydrogen-bond donors (Lipinski definition) is 1. The minimum atomic E-state index is -0.537. The van der Waals surface area contributed by atoms with Gasteiger partial charge in [-0.05, 0) is 12.5 Å². The van der Waals surface area contributed by atoms with Gasteiger partial charge in [0.25, 0.3) is 0 Å². The number of nitro groups is 1. The average Bonchev–Trinajstić information content (AvgIpc) is 2.37. The summed E-state index contributed by atoms with van der Waals surface area (Å²) in [4.78, 5) is 27.4. The normalized spacial score (nSPS) is 10.1. The number of anilines is 1. The Hall–Kier alpha value is -1.89. The Morgan fingerprint density at radius 3 is 2.79 bits per heavy atom. The molecule has 104 valence electrons. The van der Waals surface area contributed by atoms with E-state index in [1.165, 1.54) is 19.2 Å². The molecule has 0 saturated heterocycles. The van der Waals surface area contributed by atoms with Gasteiger partial charge in [-0.25, -0.2) is 4.98 Å². The fourth-order valence-electron chi connectivity index (χ4n) is 1.58. The molecular weight excluding hydrogens is 272 g/mol. The Morgan fingerprint density at radius 1 is 1.58 bits per heavy atom. The molecule has 0 aromatic carbocycles. The Balaban J connectivity index is 3.16.